The number of aromatic nitrogens is 1. The van der Waals surface area contributed by atoms with Crippen molar-refractivity contribution in [1.29, 1.82) is 0 Å². The van der Waals surface area contributed by atoms with E-state index in [9.17, 15) is 27.9 Å². The molecule has 30 heavy (non-hydrogen) atoms. The van der Waals surface area contributed by atoms with E-state index in [2.05, 4.69) is 4.99 Å². The number of aromatic carboxylic acids is 1. The molecule has 0 aliphatic heterocycles. The number of rotatable bonds is 6. The topological polar surface area (TPSA) is 71.7 Å². The standard InChI is InChI=1S/C22H17F3N2O3/c1-12-3-4-13(2)27(12)19-9-15(5-6-16(19)22(29)30)20(28)11-26-10-14-7-17(23)21(25)18(24)8-14/h3-10H,11H2,1-2H3,(H,29,30). The largest absolute Gasteiger partial charge is 0.478 e. The lowest BCUT2D eigenvalue weighted by Gasteiger charge is -2.14. The van der Waals surface area contributed by atoms with E-state index >= 15 is 0 Å². The fourth-order valence-corrected chi connectivity index (χ4v) is 3.09. The predicted molar refractivity (Wildman–Crippen MR) is 105 cm³/mol. The van der Waals surface area contributed by atoms with Gasteiger partial charge in [-0.3, -0.25) is 9.79 Å². The van der Waals surface area contributed by atoms with Crippen LogP contribution >= 0.6 is 0 Å². The van der Waals surface area contributed by atoms with Crippen LogP contribution in [-0.2, 0) is 0 Å². The Morgan fingerprint density at radius 3 is 2.17 bits per heavy atom. The van der Waals surface area contributed by atoms with E-state index in [0.717, 1.165) is 29.7 Å². The zero-order chi connectivity index (χ0) is 22.0. The summed E-state index contributed by atoms with van der Waals surface area (Å²) in [5.74, 6) is -5.84. The molecule has 3 aromatic rings. The van der Waals surface area contributed by atoms with Gasteiger partial charge in [-0.25, -0.2) is 18.0 Å². The van der Waals surface area contributed by atoms with Crippen LogP contribution in [0.15, 0.2) is 47.5 Å². The van der Waals surface area contributed by atoms with Crippen molar-refractivity contribution in [1.82, 2.24) is 4.57 Å². The number of hydrogen-bond donors (Lipinski definition) is 1. The second-order valence-corrected chi connectivity index (χ2v) is 6.68. The molecular weight excluding hydrogens is 397 g/mol. The summed E-state index contributed by atoms with van der Waals surface area (Å²) in [6.07, 6.45) is 1.07. The number of benzene rings is 2. The van der Waals surface area contributed by atoms with E-state index in [1.54, 1.807) is 4.57 Å². The highest BCUT2D eigenvalue weighted by atomic mass is 19.2. The predicted octanol–water partition coefficient (Wildman–Crippen LogP) is 4.51. The van der Waals surface area contributed by atoms with Gasteiger partial charge in [0.05, 0.1) is 11.3 Å². The third-order valence-corrected chi connectivity index (χ3v) is 4.54. The van der Waals surface area contributed by atoms with Gasteiger partial charge in [0.15, 0.2) is 23.2 Å². The third kappa shape index (κ3) is 4.17. The first-order chi connectivity index (χ1) is 14.2. The molecule has 0 bridgehead atoms. The van der Waals surface area contributed by atoms with E-state index < -0.39 is 29.2 Å². The molecule has 0 aliphatic carbocycles. The first kappa shape index (κ1) is 21.0. The SMILES string of the molecule is Cc1ccc(C)n1-c1cc(C(=O)CN=Cc2cc(F)c(F)c(F)c2)ccc1C(=O)O. The van der Waals surface area contributed by atoms with Crippen LogP contribution in [0, 0.1) is 31.3 Å². The summed E-state index contributed by atoms with van der Waals surface area (Å²) in [6, 6.07) is 9.40. The van der Waals surface area contributed by atoms with E-state index in [1.807, 2.05) is 26.0 Å². The van der Waals surface area contributed by atoms with Gasteiger partial charge in [0.1, 0.15) is 6.54 Å². The van der Waals surface area contributed by atoms with Crippen molar-refractivity contribution in [2.45, 2.75) is 13.8 Å². The molecule has 0 saturated heterocycles. The molecule has 0 radical (unpaired) electrons. The molecule has 8 heteroatoms. The molecule has 0 aliphatic rings. The maximum atomic E-state index is 13.2. The molecule has 1 aromatic heterocycles. The quantitative estimate of drug-likeness (QED) is 0.366. The molecule has 5 nitrogen and oxygen atoms in total. The molecule has 1 heterocycles. The number of halogens is 3. The fourth-order valence-electron chi connectivity index (χ4n) is 3.09. The number of Topliss-reactive ketones (excluding diaryl/α,β-unsaturated/α-hetero) is 1. The Morgan fingerprint density at radius 2 is 1.60 bits per heavy atom. The number of carbonyl (C=O) groups is 2. The number of aryl methyl sites for hydroxylation is 2. The number of hydrogen-bond acceptors (Lipinski definition) is 3. The Balaban J connectivity index is 1.88. The van der Waals surface area contributed by atoms with Gasteiger partial charge in [0, 0.05) is 23.2 Å². The number of nitrogens with zero attached hydrogens (tertiary/aromatic N) is 2. The first-order valence-corrected chi connectivity index (χ1v) is 8.89. The normalized spacial score (nSPS) is 11.2. The van der Waals surface area contributed by atoms with E-state index in [-0.39, 0.29) is 23.2 Å². The van der Waals surface area contributed by atoms with Crippen LogP contribution in [0.25, 0.3) is 5.69 Å². The van der Waals surface area contributed by atoms with Crippen LogP contribution in [0.5, 0.6) is 0 Å². The van der Waals surface area contributed by atoms with E-state index in [1.165, 1.54) is 18.2 Å². The zero-order valence-electron chi connectivity index (χ0n) is 16.1. The zero-order valence-corrected chi connectivity index (χ0v) is 16.1. The highest BCUT2D eigenvalue weighted by molar-refractivity contribution is 6.01. The van der Waals surface area contributed by atoms with Gasteiger partial charge >= 0.3 is 5.97 Å². The number of carboxylic acid groups (broad SMARTS) is 1. The van der Waals surface area contributed by atoms with Crippen molar-refractivity contribution in [2.24, 2.45) is 4.99 Å². The summed E-state index contributed by atoms with van der Waals surface area (Å²) < 4.78 is 41.2. The van der Waals surface area contributed by atoms with Gasteiger partial charge in [0.25, 0.3) is 0 Å². The lowest BCUT2D eigenvalue weighted by molar-refractivity contribution is 0.0696. The van der Waals surface area contributed by atoms with E-state index in [0.29, 0.717) is 5.69 Å². The second kappa shape index (κ2) is 8.36. The van der Waals surface area contributed by atoms with Gasteiger partial charge < -0.3 is 9.67 Å². The highest BCUT2D eigenvalue weighted by Crippen LogP contribution is 2.22. The molecule has 154 valence electrons. The van der Waals surface area contributed by atoms with Gasteiger partial charge in [-0.15, -0.1) is 0 Å². The van der Waals surface area contributed by atoms with Crippen LogP contribution < -0.4 is 0 Å². The summed E-state index contributed by atoms with van der Waals surface area (Å²) in [7, 11) is 0. The molecule has 0 fully saturated rings. The van der Waals surface area contributed by atoms with Crippen LogP contribution in [-0.4, -0.2) is 34.2 Å². The van der Waals surface area contributed by atoms with Crippen LogP contribution in [0.2, 0.25) is 0 Å². The maximum absolute atomic E-state index is 13.2. The first-order valence-electron chi connectivity index (χ1n) is 8.89. The summed E-state index contributed by atoms with van der Waals surface area (Å²) in [4.78, 5) is 28.0. The fraction of sp³-hybridized carbons (Fsp3) is 0.136. The maximum Gasteiger partial charge on any atom is 0.337 e. The molecule has 3 rings (SSSR count). The molecule has 0 spiro atoms. The number of aliphatic imine (C=N–C) groups is 1. The third-order valence-electron chi connectivity index (χ3n) is 4.54. The Hall–Kier alpha value is -3.68. The number of carbonyl (C=O) groups excluding carboxylic acids is 1. The minimum Gasteiger partial charge on any atom is -0.478 e. The monoisotopic (exact) mass is 414 g/mol. The molecule has 0 unspecified atom stereocenters. The summed E-state index contributed by atoms with van der Waals surface area (Å²) >= 11 is 0. The molecule has 1 N–H and O–H groups in total. The summed E-state index contributed by atoms with van der Waals surface area (Å²) in [5.41, 5.74) is 2.20. The van der Waals surface area contributed by atoms with Crippen LogP contribution in [0.3, 0.4) is 0 Å². The number of ketones is 1. The minimum absolute atomic E-state index is 0.0281. The molecule has 0 amide bonds. The van der Waals surface area contributed by atoms with Gasteiger partial charge in [-0.1, -0.05) is 6.07 Å². The van der Waals surface area contributed by atoms with Crippen molar-refractivity contribution in [3.63, 3.8) is 0 Å². The smallest absolute Gasteiger partial charge is 0.337 e. The Morgan fingerprint density at radius 1 is 1.00 bits per heavy atom. The summed E-state index contributed by atoms with van der Waals surface area (Å²) in [5, 5.41) is 9.50. The van der Waals surface area contributed by atoms with Crippen LogP contribution in [0.1, 0.15) is 37.7 Å². The Kier molecular flexibility index (Phi) is 5.86. The average Bonchev–Trinajstić information content (AvgIpc) is 3.03. The van der Waals surface area contributed by atoms with Gasteiger partial charge in [0.2, 0.25) is 0 Å². The lowest BCUT2D eigenvalue weighted by Crippen LogP contribution is -2.11. The summed E-state index contributed by atoms with van der Waals surface area (Å²) in [6.45, 7) is 3.30. The van der Waals surface area contributed by atoms with Crippen molar-refractivity contribution in [3.05, 3.63) is 88.0 Å². The molecule has 2 aromatic carbocycles. The van der Waals surface area contributed by atoms with Gasteiger partial charge in [-0.05, 0) is 55.8 Å². The molecule has 0 saturated carbocycles. The second-order valence-electron chi connectivity index (χ2n) is 6.68. The Bertz CT molecular complexity index is 1140. The average molecular weight is 414 g/mol. The Labute approximate surface area is 170 Å². The minimum atomic E-state index is -1.58. The van der Waals surface area contributed by atoms with Crippen molar-refractivity contribution in [2.75, 3.05) is 6.54 Å². The lowest BCUT2D eigenvalue weighted by atomic mass is 10.0. The number of carboxylic acids is 1. The highest BCUT2D eigenvalue weighted by Gasteiger charge is 2.17. The van der Waals surface area contributed by atoms with Crippen LogP contribution in [0.4, 0.5) is 13.2 Å². The van der Waals surface area contributed by atoms with Gasteiger partial charge in [-0.2, -0.15) is 0 Å². The molecule has 0 atom stereocenters. The van der Waals surface area contributed by atoms with Crippen molar-refractivity contribution >= 4 is 18.0 Å². The van der Waals surface area contributed by atoms with E-state index in [4.69, 9.17) is 0 Å². The van der Waals surface area contributed by atoms with Crippen molar-refractivity contribution < 1.29 is 27.9 Å². The molecular formula is C22H17F3N2O3. The van der Waals surface area contributed by atoms with Crippen molar-refractivity contribution in [3.8, 4) is 5.69 Å².